The van der Waals surface area contributed by atoms with Crippen molar-refractivity contribution in [1.82, 2.24) is 15.8 Å². The fraction of sp³-hybridized carbons (Fsp3) is 0.545. The second kappa shape index (κ2) is 4.99. The summed E-state index contributed by atoms with van der Waals surface area (Å²) >= 11 is 0. The fourth-order valence-corrected chi connectivity index (χ4v) is 1.19. The third-order valence-corrected chi connectivity index (χ3v) is 1.78. The van der Waals surface area contributed by atoms with Gasteiger partial charge < -0.3 is 15.2 Å². The van der Waals surface area contributed by atoms with Crippen LogP contribution < -0.4 is 10.6 Å². The maximum absolute atomic E-state index is 11.5. The first kappa shape index (κ1) is 13.2. The molecule has 0 atom stereocenters. The highest BCUT2D eigenvalue weighted by molar-refractivity contribution is 5.94. The van der Waals surface area contributed by atoms with E-state index in [2.05, 4.69) is 15.8 Å². The van der Waals surface area contributed by atoms with Crippen LogP contribution in [0.4, 0.5) is 0 Å². The number of nitrogens with one attached hydrogen (secondary N) is 2. The Labute approximate surface area is 99.7 Å². The molecule has 2 amide bonds. The number of rotatable bonds is 3. The quantitative estimate of drug-likeness (QED) is 0.810. The molecule has 1 heterocycles. The summed E-state index contributed by atoms with van der Waals surface area (Å²) in [6.45, 7) is 7.22. The maximum atomic E-state index is 11.5. The minimum Gasteiger partial charge on any atom is -0.361 e. The van der Waals surface area contributed by atoms with Crippen LogP contribution in [0, 0.1) is 6.92 Å². The zero-order valence-electron chi connectivity index (χ0n) is 10.5. The first-order valence-electron chi connectivity index (χ1n) is 5.30. The summed E-state index contributed by atoms with van der Waals surface area (Å²) in [6.07, 6.45) is 0. The lowest BCUT2D eigenvalue weighted by Crippen LogP contribution is -2.45. The normalized spacial score (nSPS) is 11.1. The summed E-state index contributed by atoms with van der Waals surface area (Å²) in [5, 5.41) is 8.74. The van der Waals surface area contributed by atoms with Gasteiger partial charge in [-0.05, 0) is 27.7 Å². The van der Waals surface area contributed by atoms with Crippen LogP contribution in [0.15, 0.2) is 10.6 Å². The Morgan fingerprint density at radius 3 is 2.53 bits per heavy atom. The van der Waals surface area contributed by atoms with Crippen molar-refractivity contribution in [2.75, 3.05) is 6.54 Å². The van der Waals surface area contributed by atoms with Crippen molar-refractivity contribution in [2.24, 2.45) is 0 Å². The fourth-order valence-electron chi connectivity index (χ4n) is 1.19. The van der Waals surface area contributed by atoms with Gasteiger partial charge in [-0.25, -0.2) is 0 Å². The third kappa shape index (κ3) is 4.67. The molecule has 0 aliphatic rings. The smallest absolute Gasteiger partial charge is 0.273 e. The van der Waals surface area contributed by atoms with Gasteiger partial charge in [-0.2, -0.15) is 0 Å². The molecule has 0 saturated heterocycles. The van der Waals surface area contributed by atoms with Crippen LogP contribution in [0.25, 0.3) is 0 Å². The van der Waals surface area contributed by atoms with E-state index >= 15 is 0 Å². The largest absolute Gasteiger partial charge is 0.361 e. The van der Waals surface area contributed by atoms with Crippen molar-refractivity contribution in [1.29, 1.82) is 0 Å². The summed E-state index contributed by atoms with van der Waals surface area (Å²) in [5.41, 5.74) is -0.141. The monoisotopic (exact) mass is 239 g/mol. The average molecular weight is 239 g/mol. The number of amides is 2. The van der Waals surface area contributed by atoms with Gasteiger partial charge in [-0.15, -0.1) is 0 Å². The number of aryl methyl sites for hydroxylation is 1. The molecule has 0 spiro atoms. The van der Waals surface area contributed by atoms with E-state index in [4.69, 9.17) is 4.52 Å². The van der Waals surface area contributed by atoms with Gasteiger partial charge in [0.1, 0.15) is 5.76 Å². The second-order valence-corrected chi connectivity index (χ2v) is 4.80. The zero-order valence-corrected chi connectivity index (χ0v) is 10.5. The van der Waals surface area contributed by atoms with E-state index in [0.717, 1.165) is 0 Å². The molecule has 94 valence electrons. The number of nitrogens with zero attached hydrogens (tertiary/aromatic N) is 1. The number of carbonyl (C=O) groups is 2. The molecule has 1 aromatic heterocycles. The highest BCUT2D eigenvalue weighted by Crippen LogP contribution is 2.01. The Morgan fingerprint density at radius 2 is 2.06 bits per heavy atom. The van der Waals surface area contributed by atoms with E-state index in [-0.39, 0.29) is 23.7 Å². The maximum Gasteiger partial charge on any atom is 0.273 e. The van der Waals surface area contributed by atoms with Gasteiger partial charge in [-0.3, -0.25) is 9.59 Å². The van der Waals surface area contributed by atoms with Crippen molar-refractivity contribution >= 4 is 11.8 Å². The molecule has 0 aliphatic heterocycles. The average Bonchev–Trinajstić information content (AvgIpc) is 2.58. The van der Waals surface area contributed by atoms with Gasteiger partial charge in [0, 0.05) is 11.6 Å². The topological polar surface area (TPSA) is 84.2 Å². The van der Waals surface area contributed by atoms with Crippen LogP contribution >= 0.6 is 0 Å². The van der Waals surface area contributed by atoms with Crippen molar-refractivity contribution < 1.29 is 14.1 Å². The van der Waals surface area contributed by atoms with Gasteiger partial charge in [0.15, 0.2) is 5.69 Å². The molecular formula is C11H17N3O3. The van der Waals surface area contributed by atoms with E-state index in [0.29, 0.717) is 5.76 Å². The zero-order chi connectivity index (χ0) is 13.1. The first-order chi connectivity index (χ1) is 7.78. The Bertz CT molecular complexity index is 418. The van der Waals surface area contributed by atoms with Gasteiger partial charge in [-0.1, -0.05) is 5.16 Å². The van der Waals surface area contributed by atoms with E-state index in [1.807, 2.05) is 20.8 Å². The molecule has 0 saturated carbocycles. The lowest BCUT2D eigenvalue weighted by atomic mass is 10.1. The van der Waals surface area contributed by atoms with Crippen molar-refractivity contribution in [3.05, 3.63) is 17.5 Å². The Hall–Kier alpha value is -1.85. The van der Waals surface area contributed by atoms with Crippen molar-refractivity contribution in [3.63, 3.8) is 0 Å². The molecule has 0 aromatic carbocycles. The molecule has 1 rings (SSSR count). The van der Waals surface area contributed by atoms with Gasteiger partial charge >= 0.3 is 0 Å². The minimum atomic E-state index is -0.425. The molecule has 0 fully saturated rings. The summed E-state index contributed by atoms with van der Waals surface area (Å²) in [4.78, 5) is 22.9. The summed E-state index contributed by atoms with van der Waals surface area (Å²) in [7, 11) is 0. The second-order valence-electron chi connectivity index (χ2n) is 4.80. The predicted molar refractivity (Wildman–Crippen MR) is 61.5 cm³/mol. The molecule has 1 aromatic rings. The molecule has 6 heteroatoms. The standard InChI is InChI=1S/C11H17N3O3/c1-7-5-8(14-17-7)10(16)12-6-9(15)13-11(2,3)4/h5H,6H2,1-4H3,(H,12,16)(H,13,15). The van der Waals surface area contributed by atoms with Crippen LogP contribution in [0.2, 0.25) is 0 Å². The lowest BCUT2D eigenvalue weighted by molar-refractivity contribution is -0.121. The molecule has 6 nitrogen and oxygen atoms in total. The first-order valence-corrected chi connectivity index (χ1v) is 5.30. The molecule has 17 heavy (non-hydrogen) atoms. The molecular weight excluding hydrogens is 222 g/mol. The van der Waals surface area contributed by atoms with Gasteiger partial charge in [0.05, 0.1) is 6.54 Å². The van der Waals surface area contributed by atoms with Gasteiger partial charge in [0.25, 0.3) is 5.91 Å². The Balaban J connectivity index is 2.41. The molecule has 0 bridgehead atoms. The van der Waals surface area contributed by atoms with Crippen LogP contribution in [0.5, 0.6) is 0 Å². The number of carbonyl (C=O) groups excluding carboxylic acids is 2. The summed E-state index contributed by atoms with van der Waals surface area (Å²) in [6, 6.07) is 1.51. The summed E-state index contributed by atoms with van der Waals surface area (Å²) < 4.78 is 4.76. The molecule has 0 radical (unpaired) electrons. The van der Waals surface area contributed by atoms with Crippen LogP contribution in [0.3, 0.4) is 0 Å². The number of hydrogen-bond donors (Lipinski definition) is 2. The van der Waals surface area contributed by atoms with E-state index in [1.54, 1.807) is 6.92 Å². The minimum absolute atomic E-state index is 0.0813. The van der Waals surface area contributed by atoms with Crippen LogP contribution in [0.1, 0.15) is 37.0 Å². The highest BCUT2D eigenvalue weighted by atomic mass is 16.5. The third-order valence-electron chi connectivity index (χ3n) is 1.78. The lowest BCUT2D eigenvalue weighted by Gasteiger charge is -2.20. The van der Waals surface area contributed by atoms with Crippen LogP contribution in [-0.2, 0) is 4.79 Å². The van der Waals surface area contributed by atoms with E-state index in [9.17, 15) is 9.59 Å². The highest BCUT2D eigenvalue weighted by Gasteiger charge is 2.16. The van der Waals surface area contributed by atoms with E-state index < -0.39 is 5.91 Å². The summed E-state index contributed by atoms with van der Waals surface area (Å²) in [5.74, 6) is -0.119. The Kier molecular flexibility index (Phi) is 3.88. The number of hydrogen-bond acceptors (Lipinski definition) is 4. The van der Waals surface area contributed by atoms with Gasteiger partial charge in [0.2, 0.25) is 5.91 Å². The molecule has 0 aliphatic carbocycles. The van der Waals surface area contributed by atoms with E-state index in [1.165, 1.54) is 6.07 Å². The van der Waals surface area contributed by atoms with Crippen molar-refractivity contribution in [2.45, 2.75) is 33.2 Å². The predicted octanol–water partition coefficient (Wildman–Crippen LogP) is 0.628. The van der Waals surface area contributed by atoms with Crippen LogP contribution in [-0.4, -0.2) is 29.1 Å². The number of aromatic nitrogens is 1. The molecule has 2 N–H and O–H groups in total. The SMILES string of the molecule is Cc1cc(C(=O)NCC(=O)NC(C)(C)C)no1. The van der Waals surface area contributed by atoms with Crippen molar-refractivity contribution in [3.8, 4) is 0 Å². The molecule has 0 unspecified atom stereocenters. The Morgan fingerprint density at radius 1 is 1.41 bits per heavy atom.